The summed E-state index contributed by atoms with van der Waals surface area (Å²) >= 11 is 4.79. The second-order valence-corrected chi connectivity index (χ2v) is 4.60. The maximum absolute atomic E-state index is 10.9. The fourth-order valence-corrected chi connectivity index (χ4v) is 2.75. The summed E-state index contributed by atoms with van der Waals surface area (Å²) in [4.78, 5) is 11.7. The summed E-state index contributed by atoms with van der Waals surface area (Å²) in [6.07, 6.45) is -0.787. The van der Waals surface area contributed by atoms with Gasteiger partial charge in [-0.2, -0.15) is 0 Å². The van der Waals surface area contributed by atoms with E-state index in [0.717, 1.165) is 14.9 Å². The van der Waals surface area contributed by atoms with E-state index in [-0.39, 0.29) is 6.42 Å². The van der Waals surface area contributed by atoms with E-state index in [1.165, 1.54) is 18.4 Å². The molecule has 0 amide bonds. The molecule has 3 nitrogen and oxygen atoms in total. The van der Waals surface area contributed by atoms with Gasteiger partial charge < -0.3 is 9.84 Å². The van der Waals surface area contributed by atoms with Crippen LogP contribution in [0.1, 0.15) is 23.0 Å². The van der Waals surface area contributed by atoms with Crippen LogP contribution in [-0.4, -0.2) is 18.2 Å². The van der Waals surface area contributed by atoms with Crippen LogP contribution in [0.15, 0.2) is 9.85 Å². The number of aliphatic hydroxyl groups is 1. The molecule has 0 aliphatic heterocycles. The highest BCUT2D eigenvalue weighted by Gasteiger charge is 2.18. The molecule has 0 radical (unpaired) electrons. The number of carbonyl (C=O) groups excluding carboxylic acids is 1. The Morgan fingerprint density at radius 2 is 2.43 bits per heavy atom. The molecule has 1 heterocycles. The molecule has 1 rings (SSSR count). The number of hydrogen-bond acceptors (Lipinski definition) is 4. The fraction of sp³-hybridized carbons (Fsp3) is 0.444. The van der Waals surface area contributed by atoms with Crippen LogP contribution in [0.2, 0.25) is 0 Å². The number of ether oxygens (including phenoxy) is 1. The molecule has 5 heteroatoms. The van der Waals surface area contributed by atoms with Crippen LogP contribution in [0.3, 0.4) is 0 Å². The number of rotatable bonds is 3. The van der Waals surface area contributed by atoms with Gasteiger partial charge >= 0.3 is 5.97 Å². The van der Waals surface area contributed by atoms with Gasteiger partial charge in [-0.25, -0.2) is 0 Å². The third-order valence-electron chi connectivity index (χ3n) is 1.82. The van der Waals surface area contributed by atoms with Crippen molar-refractivity contribution in [3.8, 4) is 0 Å². The lowest BCUT2D eigenvalue weighted by Gasteiger charge is -2.07. The summed E-state index contributed by atoms with van der Waals surface area (Å²) in [7, 11) is 1.31. The molecule has 1 atom stereocenters. The van der Waals surface area contributed by atoms with E-state index in [2.05, 4.69) is 20.7 Å². The first kappa shape index (κ1) is 11.7. The van der Waals surface area contributed by atoms with Crippen molar-refractivity contribution in [2.24, 2.45) is 0 Å². The number of hydrogen-bond donors (Lipinski definition) is 1. The molecule has 0 saturated heterocycles. The van der Waals surface area contributed by atoms with Gasteiger partial charge in [0.25, 0.3) is 0 Å². The van der Waals surface area contributed by atoms with Gasteiger partial charge in [0.05, 0.1) is 19.6 Å². The third-order valence-corrected chi connectivity index (χ3v) is 4.33. The maximum Gasteiger partial charge on any atom is 0.308 e. The van der Waals surface area contributed by atoms with Crippen molar-refractivity contribution in [1.29, 1.82) is 0 Å². The molecule has 1 aromatic rings. The van der Waals surface area contributed by atoms with Crippen molar-refractivity contribution in [1.82, 2.24) is 0 Å². The lowest BCUT2D eigenvalue weighted by atomic mass is 10.2. The largest absolute Gasteiger partial charge is 0.469 e. The monoisotopic (exact) mass is 278 g/mol. The van der Waals surface area contributed by atoms with Crippen molar-refractivity contribution in [3.05, 3.63) is 20.3 Å². The topological polar surface area (TPSA) is 46.5 Å². The van der Waals surface area contributed by atoms with Crippen LogP contribution in [0.4, 0.5) is 0 Å². The lowest BCUT2D eigenvalue weighted by Crippen LogP contribution is -2.07. The zero-order valence-corrected chi connectivity index (χ0v) is 10.3. The Kier molecular flexibility index (Phi) is 4.10. The summed E-state index contributed by atoms with van der Waals surface area (Å²) in [5, 5.41) is 11.6. The molecule has 0 bridgehead atoms. The van der Waals surface area contributed by atoms with E-state index < -0.39 is 12.1 Å². The number of methoxy groups -OCH3 is 1. The minimum Gasteiger partial charge on any atom is -0.469 e. The quantitative estimate of drug-likeness (QED) is 0.864. The van der Waals surface area contributed by atoms with Crippen LogP contribution in [-0.2, 0) is 9.53 Å². The molecule has 0 aliphatic rings. The Morgan fingerprint density at radius 3 is 2.86 bits per heavy atom. The van der Waals surface area contributed by atoms with E-state index in [4.69, 9.17) is 0 Å². The summed E-state index contributed by atoms with van der Waals surface area (Å²) in [5.41, 5.74) is 1.06. The standard InChI is InChI=1S/C9H11BrO3S/c1-5-4-14-9(8(5)10)6(11)3-7(12)13-2/h4,6,11H,3H2,1-2H3/t6-/m1/s1. The molecule has 0 aromatic carbocycles. The van der Waals surface area contributed by atoms with Gasteiger partial charge in [0.1, 0.15) is 0 Å². The summed E-state index contributed by atoms with van der Waals surface area (Å²) < 4.78 is 5.35. The molecule has 0 fully saturated rings. The molecular formula is C9H11BrO3S. The number of esters is 1. The van der Waals surface area contributed by atoms with Crippen LogP contribution in [0, 0.1) is 6.92 Å². The number of aryl methyl sites for hydroxylation is 1. The van der Waals surface area contributed by atoms with Crippen molar-refractivity contribution < 1.29 is 14.6 Å². The summed E-state index contributed by atoms with van der Waals surface area (Å²) in [5.74, 6) is -0.407. The van der Waals surface area contributed by atoms with Crippen LogP contribution in [0.5, 0.6) is 0 Å². The molecule has 78 valence electrons. The smallest absolute Gasteiger partial charge is 0.308 e. The second kappa shape index (κ2) is 4.91. The fourth-order valence-electron chi connectivity index (χ4n) is 1.01. The zero-order chi connectivity index (χ0) is 10.7. The van der Waals surface area contributed by atoms with E-state index >= 15 is 0 Å². The van der Waals surface area contributed by atoms with Gasteiger partial charge in [-0.1, -0.05) is 0 Å². The number of carbonyl (C=O) groups is 1. The third kappa shape index (κ3) is 2.56. The summed E-state index contributed by atoms with van der Waals surface area (Å²) in [6.45, 7) is 1.94. The highest BCUT2D eigenvalue weighted by atomic mass is 79.9. The van der Waals surface area contributed by atoms with Gasteiger partial charge in [-0.05, 0) is 33.8 Å². The van der Waals surface area contributed by atoms with Gasteiger partial charge in [0.15, 0.2) is 0 Å². The van der Waals surface area contributed by atoms with Crippen molar-refractivity contribution in [2.45, 2.75) is 19.4 Å². The Balaban J connectivity index is 2.74. The number of halogens is 1. The van der Waals surface area contributed by atoms with Crippen molar-refractivity contribution >= 4 is 33.2 Å². The van der Waals surface area contributed by atoms with Gasteiger partial charge in [0, 0.05) is 9.35 Å². The average Bonchev–Trinajstić information content (AvgIpc) is 2.47. The molecule has 0 aliphatic carbocycles. The highest BCUT2D eigenvalue weighted by molar-refractivity contribution is 9.10. The first-order valence-corrected chi connectivity index (χ1v) is 5.72. The minimum atomic E-state index is -0.782. The molecule has 1 aromatic heterocycles. The first-order valence-electron chi connectivity index (χ1n) is 4.04. The van der Waals surface area contributed by atoms with E-state index in [9.17, 15) is 9.90 Å². The zero-order valence-electron chi connectivity index (χ0n) is 7.91. The Bertz CT molecular complexity index is 335. The Morgan fingerprint density at radius 1 is 1.79 bits per heavy atom. The van der Waals surface area contributed by atoms with Crippen LogP contribution < -0.4 is 0 Å². The van der Waals surface area contributed by atoms with Crippen molar-refractivity contribution in [2.75, 3.05) is 7.11 Å². The Labute approximate surface area is 94.8 Å². The maximum atomic E-state index is 10.9. The molecule has 0 spiro atoms. The van der Waals surface area contributed by atoms with E-state index in [1.807, 2.05) is 12.3 Å². The van der Waals surface area contributed by atoms with E-state index in [0.29, 0.717) is 0 Å². The summed E-state index contributed by atoms with van der Waals surface area (Å²) in [6, 6.07) is 0. The molecular weight excluding hydrogens is 268 g/mol. The van der Waals surface area contributed by atoms with Gasteiger partial charge in [0.2, 0.25) is 0 Å². The predicted octanol–water partition coefficient (Wildman–Crippen LogP) is 2.42. The van der Waals surface area contributed by atoms with E-state index in [1.54, 1.807) is 0 Å². The first-order chi connectivity index (χ1) is 6.56. The predicted molar refractivity (Wildman–Crippen MR) is 58.3 cm³/mol. The number of aliphatic hydroxyl groups excluding tert-OH is 1. The highest BCUT2D eigenvalue weighted by Crippen LogP contribution is 2.34. The SMILES string of the molecule is COC(=O)C[C@@H](O)c1scc(C)c1Br. The minimum absolute atomic E-state index is 0.00491. The lowest BCUT2D eigenvalue weighted by molar-refractivity contribution is -0.142. The van der Waals surface area contributed by atoms with Gasteiger partial charge in [-0.3, -0.25) is 4.79 Å². The molecule has 0 unspecified atom stereocenters. The van der Waals surface area contributed by atoms with Gasteiger partial charge in [-0.15, -0.1) is 11.3 Å². The number of thiophene rings is 1. The molecule has 0 saturated carbocycles. The normalized spacial score (nSPS) is 12.6. The van der Waals surface area contributed by atoms with Crippen molar-refractivity contribution in [3.63, 3.8) is 0 Å². The second-order valence-electron chi connectivity index (χ2n) is 2.89. The Hall–Kier alpha value is -0.390. The molecule has 14 heavy (non-hydrogen) atoms. The van der Waals surface area contributed by atoms with Crippen LogP contribution >= 0.6 is 27.3 Å². The van der Waals surface area contributed by atoms with Crippen LogP contribution in [0.25, 0.3) is 0 Å². The molecule has 1 N–H and O–H groups in total. The average molecular weight is 279 g/mol.